The maximum Gasteiger partial charge on any atom is 0.314 e. The molecule has 0 aromatic heterocycles. The molecule has 0 aromatic carbocycles. The van der Waals surface area contributed by atoms with Crippen molar-refractivity contribution in [2.75, 3.05) is 26.2 Å². The summed E-state index contributed by atoms with van der Waals surface area (Å²) in [6.07, 6.45) is 0. The minimum Gasteiger partial charge on any atom is -0.338 e. The predicted octanol–water partition coefficient (Wildman–Crippen LogP) is 0.161. The van der Waals surface area contributed by atoms with Crippen molar-refractivity contribution in [1.82, 2.24) is 16.0 Å². The van der Waals surface area contributed by atoms with Crippen molar-refractivity contribution in [3.05, 3.63) is 0 Å². The van der Waals surface area contributed by atoms with Gasteiger partial charge in [-0.25, -0.2) is 4.79 Å². The maximum atomic E-state index is 11.1. The highest BCUT2D eigenvalue weighted by molar-refractivity contribution is 5.73. The van der Waals surface area contributed by atoms with Gasteiger partial charge in [-0.1, -0.05) is 13.8 Å². The molecule has 0 aromatic rings. The Bertz CT molecular complexity index is 166. The highest BCUT2D eigenvalue weighted by Gasteiger charge is 2.16. The van der Waals surface area contributed by atoms with Crippen LogP contribution in [0, 0.1) is 11.8 Å². The number of urea groups is 1. The summed E-state index contributed by atoms with van der Waals surface area (Å²) in [5.74, 6) is 1.14. The number of amides is 2. The quantitative estimate of drug-likeness (QED) is 0.584. The summed E-state index contributed by atoms with van der Waals surface area (Å²) in [6, 6.07) is -0.0411. The standard InChI is InChI=1S/C9H19N3O/c1-7(2)3-11-9(13)12-6-8-4-10-5-8/h7-8,10H,3-6H2,1-2H3,(H2,11,12,13). The van der Waals surface area contributed by atoms with E-state index in [1.54, 1.807) is 0 Å². The summed E-state index contributed by atoms with van der Waals surface area (Å²) in [5.41, 5.74) is 0. The van der Waals surface area contributed by atoms with Gasteiger partial charge in [0, 0.05) is 32.1 Å². The monoisotopic (exact) mass is 185 g/mol. The van der Waals surface area contributed by atoms with E-state index in [-0.39, 0.29) is 6.03 Å². The normalized spacial score (nSPS) is 16.8. The van der Waals surface area contributed by atoms with E-state index in [4.69, 9.17) is 0 Å². The third kappa shape index (κ3) is 4.12. The SMILES string of the molecule is CC(C)CNC(=O)NCC1CNC1. The van der Waals surface area contributed by atoms with Gasteiger partial charge in [0.1, 0.15) is 0 Å². The van der Waals surface area contributed by atoms with Gasteiger partial charge in [0.25, 0.3) is 0 Å². The molecule has 1 fully saturated rings. The van der Waals surface area contributed by atoms with Crippen LogP contribution in [0.15, 0.2) is 0 Å². The van der Waals surface area contributed by atoms with E-state index >= 15 is 0 Å². The lowest BCUT2D eigenvalue weighted by Crippen LogP contribution is -2.50. The van der Waals surface area contributed by atoms with Gasteiger partial charge in [0.05, 0.1) is 0 Å². The number of nitrogens with one attached hydrogen (secondary N) is 3. The van der Waals surface area contributed by atoms with Crippen molar-refractivity contribution in [2.24, 2.45) is 11.8 Å². The molecular weight excluding hydrogens is 166 g/mol. The van der Waals surface area contributed by atoms with Crippen LogP contribution in [-0.4, -0.2) is 32.2 Å². The second-order valence-corrected chi connectivity index (χ2v) is 4.01. The van der Waals surface area contributed by atoms with Crippen molar-refractivity contribution in [2.45, 2.75) is 13.8 Å². The first-order valence-electron chi connectivity index (χ1n) is 4.91. The van der Waals surface area contributed by atoms with Gasteiger partial charge in [-0.15, -0.1) is 0 Å². The smallest absolute Gasteiger partial charge is 0.314 e. The third-order valence-electron chi connectivity index (χ3n) is 2.09. The Hall–Kier alpha value is -0.770. The molecule has 0 aliphatic carbocycles. The molecule has 4 heteroatoms. The molecule has 1 heterocycles. The van der Waals surface area contributed by atoms with E-state index in [9.17, 15) is 4.79 Å². The van der Waals surface area contributed by atoms with Crippen LogP contribution in [0.5, 0.6) is 0 Å². The zero-order chi connectivity index (χ0) is 9.68. The van der Waals surface area contributed by atoms with Crippen molar-refractivity contribution in [1.29, 1.82) is 0 Å². The molecule has 0 bridgehead atoms. The zero-order valence-corrected chi connectivity index (χ0v) is 8.39. The molecule has 76 valence electrons. The van der Waals surface area contributed by atoms with Crippen LogP contribution in [0.25, 0.3) is 0 Å². The van der Waals surface area contributed by atoms with Gasteiger partial charge in [-0.3, -0.25) is 0 Å². The second kappa shape index (κ2) is 5.07. The molecule has 4 nitrogen and oxygen atoms in total. The molecule has 13 heavy (non-hydrogen) atoms. The molecule has 0 spiro atoms. The fourth-order valence-electron chi connectivity index (χ4n) is 1.09. The number of carbonyl (C=O) groups is 1. The van der Waals surface area contributed by atoms with Crippen LogP contribution in [0.1, 0.15) is 13.8 Å². The first kappa shape index (κ1) is 10.3. The topological polar surface area (TPSA) is 53.2 Å². The Kier molecular flexibility index (Phi) is 4.02. The molecule has 1 aliphatic heterocycles. The molecule has 0 radical (unpaired) electrons. The van der Waals surface area contributed by atoms with E-state index in [1.165, 1.54) is 0 Å². The van der Waals surface area contributed by atoms with Crippen LogP contribution in [-0.2, 0) is 0 Å². The number of carbonyl (C=O) groups excluding carboxylic acids is 1. The molecule has 0 saturated carbocycles. The first-order valence-corrected chi connectivity index (χ1v) is 4.91. The lowest BCUT2D eigenvalue weighted by Gasteiger charge is -2.27. The fraction of sp³-hybridized carbons (Fsp3) is 0.889. The average Bonchev–Trinajstić information content (AvgIpc) is 1.98. The predicted molar refractivity (Wildman–Crippen MR) is 52.6 cm³/mol. The average molecular weight is 185 g/mol. The summed E-state index contributed by atoms with van der Waals surface area (Å²) in [7, 11) is 0. The Morgan fingerprint density at radius 3 is 2.62 bits per heavy atom. The van der Waals surface area contributed by atoms with Gasteiger partial charge in [-0.05, 0) is 5.92 Å². The summed E-state index contributed by atoms with van der Waals surface area (Å²) in [5, 5.41) is 8.83. The fourth-order valence-corrected chi connectivity index (χ4v) is 1.09. The summed E-state index contributed by atoms with van der Waals surface area (Å²) >= 11 is 0. The van der Waals surface area contributed by atoms with Crippen LogP contribution in [0.3, 0.4) is 0 Å². The number of rotatable bonds is 4. The molecule has 1 saturated heterocycles. The molecule has 0 unspecified atom stereocenters. The Morgan fingerprint density at radius 2 is 2.15 bits per heavy atom. The summed E-state index contributed by atoms with van der Waals surface area (Å²) in [6.45, 7) is 7.76. The Morgan fingerprint density at radius 1 is 1.46 bits per heavy atom. The Labute approximate surface area is 79.5 Å². The molecule has 2 amide bonds. The minimum absolute atomic E-state index is 0.0411. The van der Waals surface area contributed by atoms with Crippen LogP contribution < -0.4 is 16.0 Å². The van der Waals surface area contributed by atoms with Gasteiger partial charge < -0.3 is 16.0 Å². The first-order chi connectivity index (χ1) is 6.18. The molecule has 0 atom stereocenters. The second-order valence-electron chi connectivity index (χ2n) is 4.01. The molecular formula is C9H19N3O. The van der Waals surface area contributed by atoms with Gasteiger partial charge in [0.15, 0.2) is 0 Å². The zero-order valence-electron chi connectivity index (χ0n) is 8.39. The van der Waals surface area contributed by atoms with Crippen molar-refractivity contribution in [3.63, 3.8) is 0 Å². The highest BCUT2D eigenvalue weighted by Crippen LogP contribution is 1.99. The van der Waals surface area contributed by atoms with Gasteiger partial charge in [0.2, 0.25) is 0 Å². The lowest BCUT2D eigenvalue weighted by atomic mass is 10.0. The van der Waals surface area contributed by atoms with Crippen molar-refractivity contribution >= 4 is 6.03 Å². The minimum atomic E-state index is -0.0411. The van der Waals surface area contributed by atoms with Crippen molar-refractivity contribution < 1.29 is 4.79 Å². The number of hydrogen-bond acceptors (Lipinski definition) is 2. The lowest BCUT2D eigenvalue weighted by molar-refractivity contribution is 0.234. The van der Waals surface area contributed by atoms with E-state index in [2.05, 4.69) is 29.8 Å². The van der Waals surface area contributed by atoms with E-state index in [1.807, 2.05) is 0 Å². The largest absolute Gasteiger partial charge is 0.338 e. The summed E-state index contributed by atoms with van der Waals surface area (Å²) < 4.78 is 0. The maximum absolute atomic E-state index is 11.1. The van der Waals surface area contributed by atoms with Crippen molar-refractivity contribution in [3.8, 4) is 0 Å². The van der Waals surface area contributed by atoms with Crippen LogP contribution >= 0.6 is 0 Å². The van der Waals surface area contributed by atoms with E-state index < -0.39 is 0 Å². The summed E-state index contributed by atoms with van der Waals surface area (Å²) in [4.78, 5) is 11.1. The third-order valence-corrected chi connectivity index (χ3v) is 2.09. The number of hydrogen-bond donors (Lipinski definition) is 3. The molecule has 1 rings (SSSR count). The molecule has 1 aliphatic rings. The van der Waals surface area contributed by atoms with E-state index in [0.717, 1.165) is 26.2 Å². The Balaban J connectivity index is 1.97. The van der Waals surface area contributed by atoms with Crippen LogP contribution in [0.4, 0.5) is 4.79 Å². The van der Waals surface area contributed by atoms with Gasteiger partial charge in [-0.2, -0.15) is 0 Å². The van der Waals surface area contributed by atoms with E-state index in [0.29, 0.717) is 11.8 Å². The highest BCUT2D eigenvalue weighted by atomic mass is 16.2. The van der Waals surface area contributed by atoms with Gasteiger partial charge >= 0.3 is 6.03 Å². The van der Waals surface area contributed by atoms with Crippen LogP contribution in [0.2, 0.25) is 0 Å². The molecule has 3 N–H and O–H groups in total.